The number of carbonyl (C=O) groups is 3. The minimum atomic E-state index is -0.303. The normalized spacial score (nSPS) is 15.6. The molecule has 3 rings (SSSR count). The monoisotopic (exact) mass is 451 g/mol. The number of carbonyl (C=O) groups excluding carboxylic acids is 3. The number of benzene rings is 2. The Morgan fingerprint density at radius 3 is 2.45 bits per heavy atom. The van der Waals surface area contributed by atoms with Gasteiger partial charge in [0.05, 0.1) is 0 Å². The van der Waals surface area contributed by atoms with Crippen LogP contribution in [0.25, 0.3) is 0 Å². The quantitative estimate of drug-likeness (QED) is 0.529. The number of amides is 5. The highest BCUT2D eigenvalue weighted by atomic mass is 16.2. The van der Waals surface area contributed by atoms with Gasteiger partial charge < -0.3 is 26.2 Å². The topological polar surface area (TPSA) is 103 Å². The fourth-order valence-electron chi connectivity index (χ4n) is 3.81. The predicted octanol–water partition coefficient (Wildman–Crippen LogP) is 4.20. The first-order valence-electron chi connectivity index (χ1n) is 11.4. The molecule has 0 bridgehead atoms. The third kappa shape index (κ3) is 7.52. The van der Waals surface area contributed by atoms with E-state index in [-0.39, 0.29) is 29.9 Å². The molecule has 0 spiro atoms. The maximum atomic E-state index is 13.1. The summed E-state index contributed by atoms with van der Waals surface area (Å²) in [7, 11) is 0. The second-order valence-corrected chi connectivity index (χ2v) is 8.79. The SMILES string of the molecule is Cc1ccc(NC(=O)NC[C@H]2CCCN(C(=O)c3cccc(NC(=O)NC(C)C)c3)C2)cc1. The highest BCUT2D eigenvalue weighted by Gasteiger charge is 2.25. The molecule has 4 N–H and O–H groups in total. The van der Waals surface area contributed by atoms with E-state index >= 15 is 0 Å². The Hall–Kier alpha value is -3.55. The molecule has 0 saturated carbocycles. The van der Waals surface area contributed by atoms with E-state index in [1.807, 2.05) is 49.9 Å². The van der Waals surface area contributed by atoms with E-state index in [1.54, 1.807) is 24.3 Å². The molecule has 8 heteroatoms. The molecule has 1 aliphatic heterocycles. The maximum Gasteiger partial charge on any atom is 0.319 e. The lowest BCUT2D eigenvalue weighted by molar-refractivity contribution is 0.0675. The Balaban J connectivity index is 1.51. The lowest BCUT2D eigenvalue weighted by Crippen LogP contribution is -2.44. The number of anilines is 2. The van der Waals surface area contributed by atoms with E-state index in [2.05, 4.69) is 21.3 Å². The Labute approximate surface area is 195 Å². The third-order valence-corrected chi connectivity index (χ3v) is 5.45. The van der Waals surface area contributed by atoms with Gasteiger partial charge in [0.1, 0.15) is 0 Å². The number of nitrogens with zero attached hydrogens (tertiary/aromatic N) is 1. The van der Waals surface area contributed by atoms with Gasteiger partial charge in [0.25, 0.3) is 5.91 Å². The van der Waals surface area contributed by atoms with Gasteiger partial charge in [-0.1, -0.05) is 23.8 Å². The van der Waals surface area contributed by atoms with Crippen LogP contribution in [-0.2, 0) is 0 Å². The van der Waals surface area contributed by atoms with Crippen molar-refractivity contribution in [3.63, 3.8) is 0 Å². The van der Waals surface area contributed by atoms with Gasteiger partial charge >= 0.3 is 12.1 Å². The minimum Gasteiger partial charge on any atom is -0.338 e. The lowest BCUT2D eigenvalue weighted by atomic mass is 9.97. The Morgan fingerprint density at radius 1 is 1.00 bits per heavy atom. The average molecular weight is 452 g/mol. The van der Waals surface area contributed by atoms with Crippen LogP contribution in [0.1, 0.15) is 42.6 Å². The van der Waals surface area contributed by atoms with Crippen LogP contribution < -0.4 is 21.3 Å². The van der Waals surface area contributed by atoms with Crippen molar-refractivity contribution in [2.45, 2.75) is 39.7 Å². The van der Waals surface area contributed by atoms with Crippen LogP contribution in [0.15, 0.2) is 48.5 Å². The third-order valence-electron chi connectivity index (χ3n) is 5.45. The number of nitrogens with one attached hydrogen (secondary N) is 4. The van der Waals surface area contributed by atoms with Crippen LogP contribution in [0.3, 0.4) is 0 Å². The summed E-state index contributed by atoms with van der Waals surface area (Å²) in [6.45, 7) is 7.51. The number of likely N-dealkylation sites (tertiary alicyclic amines) is 1. The summed E-state index contributed by atoms with van der Waals surface area (Å²) >= 11 is 0. The van der Waals surface area contributed by atoms with Gasteiger partial charge in [-0.2, -0.15) is 0 Å². The number of aryl methyl sites for hydroxylation is 1. The van der Waals surface area contributed by atoms with Crippen molar-refractivity contribution in [1.29, 1.82) is 0 Å². The molecule has 1 saturated heterocycles. The lowest BCUT2D eigenvalue weighted by Gasteiger charge is -2.33. The molecule has 2 aromatic rings. The predicted molar refractivity (Wildman–Crippen MR) is 131 cm³/mol. The van der Waals surface area contributed by atoms with Crippen molar-refractivity contribution in [3.8, 4) is 0 Å². The molecule has 0 aromatic heterocycles. The molecule has 33 heavy (non-hydrogen) atoms. The smallest absolute Gasteiger partial charge is 0.319 e. The van der Waals surface area contributed by atoms with Crippen molar-refractivity contribution in [3.05, 3.63) is 59.7 Å². The number of piperidine rings is 1. The second kappa shape index (κ2) is 11.4. The number of hydrogen-bond donors (Lipinski definition) is 4. The molecule has 0 radical (unpaired) electrons. The van der Waals surface area contributed by atoms with Gasteiger partial charge in [0.15, 0.2) is 0 Å². The van der Waals surface area contributed by atoms with Crippen LogP contribution in [0.2, 0.25) is 0 Å². The molecule has 1 heterocycles. The summed E-state index contributed by atoms with van der Waals surface area (Å²) < 4.78 is 0. The van der Waals surface area contributed by atoms with Crippen LogP contribution in [-0.4, -0.2) is 48.5 Å². The van der Waals surface area contributed by atoms with Crippen LogP contribution in [0, 0.1) is 12.8 Å². The van der Waals surface area contributed by atoms with Crippen molar-refractivity contribution in [2.75, 3.05) is 30.3 Å². The first kappa shape index (κ1) is 24.1. The maximum absolute atomic E-state index is 13.1. The number of hydrogen-bond acceptors (Lipinski definition) is 3. The number of urea groups is 2. The van der Waals surface area contributed by atoms with E-state index < -0.39 is 0 Å². The Kier molecular flexibility index (Phi) is 8.29. The molecule has 1 fully saturated rings. The van der Waals surface area contributed by atoms with Gasteiger partial charge in [-0.25, -0.2) is 9.59 Å². The second-order valence-electron chi connectivity index (χ2n) is 8.79. The van der Waals surface area contributed by atoms with Crippen molar-refractivity contribution in [1.82, 2.24) is 15.5 Å². The van der Waals surface area contributed by atoms with Gasteiger partial charge in [0, 0.05) is 42.6 Å². The summed E-state index contributed by atoms with van der Waals surface area (Å²) in [4.78, 5) is 39.1. The molecule has 1 atom stereocenters. The molecule has 0 aliphatic carbocycles. The Bertz CT molecular complexity index is 974. The van der Waals surface area contributed by atoms with Gasteiger partial charge in [-0.3, -0.25) is 4.79 Å². The first-order chi connectivity index (χ1) is 15.8. The number of rotatable bonds is 6. The van der Waals surface area contributed by atoms with E-state index in [1.165, 1.54) is 0 Å². The Morgan fingerprint density at radius 2 is 1.73 bits per heavy atom. The van der Waals surface area contributed by atoms with Crippen molar-refractivity contribution >= 4 is 29.3 Å². The fraction of sp³-hybridized carbons (Fsp3) is 0.400. The fourth-order valence-corrected chi connectivity index (χ4v) is 3.81. The zero-order valence-corrected chi connectivity index (χ0v) is 19.5. The highest BCUT2D eigenvalue weighted by molar-refractivity contribution is 5.97. The summed E-state index contributed by atoms with van der Waals surface area (Å²) in [5.74, 6) is 0.112. The molecule has 1 aliphatic rings. The van der Waals surface area contributed by atoms with Crippen molar-refractivity contribution in [2.24, 2.45) is 5.92 Å². The molecule has 5 amide bonds. The van der Waals surface area contributed by atoms with Crippen molar-refractivity contribution < 1.29 is 14.4 Å². The average Bonchev–Trinajstić information content (AvgIpc) is 2.78. The molecular weight excluding hydrogens is 418 g/mol. The molecule has 176 valence electrons. The first-order valence-corrected chi connectivity index (χ1v) is 11.4. The molecule has 2 aromatic carbocycles. The van der Waals surface area contributed by atoms with E-state index in [0.717, 1.165) is 24.1 Å². The zero-order valence-electron chi connectivity index (χ0n) is 19.5. The summed E-state index contributed by atoms with van der Waals surface area (Å²) in [6, 6.07) is 14.1. The van der Waals surface area contributed by atoms with Gasteiger partial charge in [0.2, 0.25) is 0 Å². The van der Waals surface area contributed by atoms with E-state index in [0.29, 0.717) is 30.9 Å². The highest BCUT2D eigenvalue weighted by Crippen LogP contribution is 2.20. The van der Waals surface area contributed by atoms with E-state index in [9.17, 15) is 14.4 Å². The standard InChI is InChI=1S/C25H33N5O3/c1-17(2)27-25(33)29-22-8-4-7-20(14-22)23(31)30-13-5-6-19(16-30)15-26-24(32)28-21-11-9-18(3)10-12-21/h4,7-12,14,17,19H,5-6,13,15-16H2,1-3H3,(H2,26,28,32)(H2,27,29,33)/t19-/m1/s1. The zero-order chi connectivity index (χ0) is 23.8. The minimum absolute atomic E-state index is 0.0210. The molecular formula is C25H33N5O3. The van der Waals surface area contributed by atoms with Gasteiger partial charge in [-0.15, -0.1) is 0 Å². The van der Waals surface area contributed by atoms with Crippen LogP contribution >= 0.6 is 0 Å². The summed E-state index contributed by atoms with van der Waals surface area (Å²) in [5.41, 5.74) is 2.98. The van der Waals surface area contributed by atoms with Crippen LogP contribution in [0.5, 0.6) is 0 Å². The van der Waals surface area contributed by atoms with Crippen LogP contribution in [0.4, 0.5) is 21.0 Å². The summed E-state index contributed by atoms with van der Waals surface area (Å²) in [5, 5.41) is 11.3. The molecule has 8 nitrogen and oxygen atoms in total. The van der Waals surface area contributed by atoms with Gasteiger partial charge in [-0.05, 0) is 69.9 Å². The summed E-state index contributed by atoms with van der Waals surface area (Å²) in [6.07, 6.45) is 1.83. The van der Waals surface area contributed by atoms with E-state index in [4.69, 9.17) is 0 Å². The largest absolute Gasteiger partial charge is 0.338 e. The molecule has 0 unspecified atom stereocenters.